The molecular formula is C9H9EuNO9. The van der Waals surface area contributed by atoms with Crippen molar-refractivity contribution in [2.45, 2.75) is 0 Å². The summed E-state index contributed by atoms with van der Waals surface area (Å²) in [6.07, 6.45) is 3.07. The van der Waals surface area contributed by atoms with Gasteiger partial charge in [0.15, 0.2) is 0 Å². The smallest absolute Gasteiger partial charge is 0.118 e. The zero-order chi connectivity index (χ0) is 15.9. The number of pyridine rings is 1. The average molecular weight is 427 g/mol. The van der Waals surface area contributed by atoms with Crippen LogP contribution in [-0.4, -0.2) is 32.0 Å². The first-order valence-corrected chi connectivity index (χ1v) is 9.30. The normalized spacial score (nSPS) is 10.6. The average Bonchev–Trinajstić information content (AvgIpc) is 2.28. The molecule has 0 unspecified atom stereocenters. The van der Waals surface area contributed by atoms with E-state index in [4.69, 9.17) is 25.5 Å². The molecule has 0 aliphatic carbocycles. The number of carbonyl (C=O) groups is 4. The Morgan fingerprint density at radius 1 is 0.800 bits per heavy atom. The van der Waals surface area contributed by atoms with E-state index in [1.807, 2.05) is 0 Å². The summed E-state index contributed by atoms with van der Waals surface area (Å²) in [5.74, 6) is 0.259. The van der Waals surface area contributed by atoms with Gasteiger partial charge >= 0.3 is 81.0 Å². The third-order valence-corrected chi connectivity index (χ3v) is 7.86. The topological polar surface area (TPSA) is 182 Å². The van der Waals surface area contributed by atoms with Crippen molar-refractivity contribution in [3.05, 3.63) is 24.5 Å². The van der Waals surface area contributed by atoms with Gasteiger partial charge in [0.25, 0.3) is 0 Å². The maximum Gasteiger partial charge on any atom is 0.118 e. The Morgan fingerprint density at radius 3 is 1.20 bits per heavy atom. The quantitative estimate of drug-likeness (QED) is 0.474. The Labute approximate surface area is 120 Å². The number of carboxylic acid groups (broad SMARTS) is 4. The van der Waals surface area contributed by atoms with Crippen molar-refractivity contribution in [2.75, 3.05) is 0 Å². The SMILES string of the molecule is O=[C](O)[Eu]([C](=O)O)([C](=O)O)[C](=O)O.Oc1ccncc1. The zero-order valence-electron chi connectivity index (χ0n) is 9.50. The second-order valence-electron chi connectivity index (χ2n) is 2.78. The molecule has 0 fully saturated rings. The van der Waals surface area contributed by atoms with Crippen LogP contribution < -0.4 is 0 Å². The molecule has 20 heavy (non-hydrogen) atoms. The molecule has 1 rings (SSSR count). The molecule has 1 aromatic rings. The van der Waals surface area contributed by atoms with Crippen molar-refractivity contribution in [1.82, 2.24) is 4.98 Å². The van der Waals surface area contributed by atoms with Gasteiger partial charge in [0.05, 0.1) is 0 Å². The van der Waals surface area contributed by atoms with Gasteiger partial charge in [-0.2, -0.15) is 0 Å². The molecule has 0 aliphatic heterocycles. The summed E-state index contributed by atoms with van der Waals surface area (Å²) >= 11 is -6.16. The molecule has 10 nitrogen and oxygen atoms in total. The summed E-state index contributed by atoms with van der Waals surface area (Å²) in [5.41, 5.74) is 0. The first-order chi connectivity index (χ1) is 9.17. The maximum atomic E-state index is 10.3. The van der Waals surface area contributed by atoms with E-state index in [0.29, 0.717) is 0 Å². The molecule has 11 heteroatoms. The molecule has 0 spiro atoms. The van der Waals surface area contributed by atoms with Crippen molar-refractivity contribution in [1.29, 1.82) is 0 Å². The van der Waals surface area contributed by atoms with Crippen LogP contribution in [0, 0.1) is 39.9 Å². The summed E-state index contributed by atoms with van der Waals surface area (Å²) in [7, 11) is 0. The molecule has 0 amide bonds. The number of rotatable bonds is 4. The summed E-state index contributed by atoms with van der Waals surface area (Å²) in [6.45, 7) is 0. The van der Waals surface area contributed by atoms with E-state index in [9.17, 15) is 19.2 Å². The van der Waals surface area contributed by atoms with Gasteiger partial charge in [-0.05, 0) is 12.1 Å². The molecular weight excluding hydrogens is 418 g/mol. The molecule has 0 atom stereocenters. The number of aromatic hydroxyl groups is 1. The third kappa shape index (κ3) is 4.22. The Bertz CT molecular complexity index is 468. The van der Waals surface area contributed by atoms with E-state index in [1.165, 1.54) is 24.5 Å². The van der Waals surface area contributed by atoms with Crippen molar-refractivity contribution in [2.24, 2.45) is 0 Å². The van der Waals surface area contributed by atoms with E-state index < -0.39 is 41.4 Å². The van der Waals surface area contributed by atoms with E-state index in [2.05, 4.69) is 4.98 Å². The van der Waals surface area contributed by atoms with Crippen LogP contribution >= 0.6 is 0 Å². The van der Waals surface area contributed by atoms with E-state index in [-0.39, 0.29) is 5.75 Å². The van der Waals surface area contributed by atoms with Crippen LogP contribution in [0.4, 0.5) is 19.2 Å². The standard InChI is InChI=1S/C5H5NO.4CHO2.Eu/c7-5-1-3-6-4-2-5;4*2-1-3;/h1-4H,(H,6,7);4*(H,2,3);. The molecule has 0 saturated carbocycles. The van der Waals surface area contributed by atoms with Gasteiger partial charge < -0.3 is 5.11 Å². The summed E-state index contributed by atoms with van der Waals surface area (Å²) in [5, 5.41) is 41.7. The van der Waals surface area contributed by atoms with Crippen molar-refractivity contribution < 1.29 is 84.6 Å². The summed E-state index contributed by atoms with van der Waals surface area (Å²) in [6, 6.07) is 3.06. The van der Waals surface area contributed by atoms with Gasteiger partial charge in [-0.25, -0.2) is 0 Å². The van der Waals surface area contributed by atoms with Crippen LogP contribution in [0.25, 0.3) is 0 Å². The van der Waals surface area contributed by atoms with Crippen LogP contribution in [-0.2, 0) is 0 Å². The molecule has 0 aromatic carbocycles. The predicted molar refractivity (Wildman–Crippen MR) is 58.0 cm³/mol. The third-order valence-electron chi connectivity index (χ3n) is 1.63. The van der Waals surface area contributed by atoms with Gasteiger partial charge in [0.1, 0.15) is 5.75 Å². The van der Waals surface area contributed by atoms with Crippen LogP contribution in [0.3, 0.4) is 0 Å². The molecule has 0 aliphatic rings. The summed E-state index contributed by atoms with van der Waals surface area (Å²) in [4.78, 5) is 44.9. The minimum Gasteiger partial charge on any atom is -0.508 e. The van der Waals surface area contributed by atoms with Crippen molar-refractivity contribution in [3.8, 4) is 5.75 Å². The zero-order valence-corrected chi connectivity index (χ0v) is 11.9. The molecule has 1 aromatic heterocycles. The summed E-state index contributed by atoms with van der Waals surface area (Å²) < 4.78 is -9.03. The van der Waals surface area contributed by atoms with Gasteiger partial charge in [0, 0.05) is 12.4 Å². The fourth-order valence-corrected chi connectivity index (χ4v) is 3.42. The predicted octanol–water partition coefficient (Wildman–Crippen LogP) is 1.64. The monoisotopic (exact) mass is 428 g/mol. The van der Waals surface area contributed by atoms with Crippen molar-refractivity contribution >= 4 is 1.45 Å². The number of hydrogen-bond acceptors (Lipinski definition) is 6. The fourth-order valence-electron chi connectivity index (χ4n) is 0.759. The molecule has 111 valence electrons. The van der Waals surface area contributed by atoms with E-state index >= 15 is 0 Å². The van der Waals surface area contributed by atoms with Gasteiger partial charge in [-0.3, -0.25) is 4.98 Å². The Balaban J connectivity index is 0.000000428. The largest absolute Gasteiger partial charge is 0.508 e. The van der Waals surface area contributed by atoms with E-state index in [1.54, 1.807) is 0 Å². The van der Waals surface area contributed by atoms with Crippen LogP contribution in [0.5, 0.6) is 5.75 Å². The van der Waals surface area contributed by atoms with Crippen molar-refractivity contribution in [3.63, 3.8) is 0 Å². The van der Waals surface area contributed by atoms with Crippen LogP contribution in [0.15, 0.2) is 24.5 Å². The maximum absolute atomic E-state index is 10.3. The Hall–Kier alpha value is -1.59. The van der Waals surface area contributed by atoms with Crippen LogP contribution in [0.1, 0.15) is 0 Å². The minimum atomic E-state index is -6.16. The first kappa shape index (κ1) is 18.4. The molecule has 1 heterocycles. The second kappa shape index (κ2) is 7.87. The Kier molecular flexibility index (Phi) is 7.25. The second-order valence-corrected chi connectivity index (χ2v) is 10.6. The Morgan fingerprint density at radius 2 is 1.10 bits per heavy atom. The van der Waals surface area contributed by atoms with Gasteiger partial charge in [-0.1, -0.05) is 0 Å². The number of hydrogen-bond donors (Lipinski definition) is 5. The minimum absolute atomic E-state index is 0.259. The number of nitrogens with zero attached hydrogens (tertiary/aromatic N) is 1. The van der Waals surface area contributed by atoms with Gasteiger partial charge in [-0.15, -0.1) is 0 Å². The van der Waals surface area contributed by atoms with Gasteiger partial charge in [0.2, 0.25) is 0 Å². The van der Waals surface area contributed by atoms with E-state index in [0.717, 1.165) is 0 Å². The van der Waals surface area contributed by atoms with Crippen LogP contribution in [0.2, 0.25) is 0 Å². The molecule has 5 N–H and O–H groups in total. The first-order valence-electron chi connectivity index (χ1n) is 4.45. The fraction of sp³-hybridized carbons (Fsp3) is 0. The molecule has 0 radical (unpaired) electrons. The molecule has 0 saturated heterocycles. The number of aromatic nitrogens is 1. The molecule has 0 bridgehead atoms.